The summed E-state index contributed by atoms with van der Waals surface area (Å²) in [7, 11) is 0. The molecule has 0 aliphatic heterocycles. The van der Waals surface area contributed by atoms with Gasteiger partial charge >= 0.3 is 5.97 Å². The maximum Gasteiger partial charge on any atom is 0.326 e. The van der Waals surface area contributed by atoms with E-state index in [9.17, 15) is 24.3 Å². The molecule has 0 saturated heterocycles. The van der Waals surface area contributed by atoms with Crippen molar-refractivity contribution in [2.45, 2.75) is 88.4 Å². The molecule has 0 spiro atoms. The van der Waals surface area contributed by atoms with Gasteiger partial charge in [0.25, 0.3) is 0 Å². The Hall–Kier alpha value is -1.93. The van der Waals surface area contributed by atoms with Crippen LogP contribution in [0.25, 0.3) is 0 Å². The summed E-state index contributed by atoms with van der Waals surface area (Å²) in [4.78, 5) is 50.3. The van der Waals surface area contributed by atoms with Crippen LogP contribution in [-0.2, 0) is 19.2 Å². The highest BCUT2D eigenvalue weighted by atomic mass is 32.2. The third-order valence-electron chi connectivity index (χ3n) is 5.69. The second kappa shape index (κ2) is 21.2. The van der Waals surface area contributed by atoms with Crippen LogP contribution in [0.4, 0.5) is 0 Å². The summed E-state index contributed by atoms with van der Waals surface area (Å²) in [5.74, 6) is -2.01. The summed E-state index contributed by atoms with van der Waals surface area (Å²) in [6, 6.07) is -3.71. The fourth-order valence-corrected chi connectivity index (χ4v) is 3.96. The maximum absolute atomic E-state index is 13.2. The van der Waals surface area contributed by atoms with Crippen molar-refractivity contribution in [3.8, 4) is 0 Å². The lowest BCUT2D eigenvalue weighted by Gasteiger charge is -2.25. The van der Waals surface area contributed by atoms with Crippen molar-refractivity contribution in [2.24, 2.45) is 22.9 Å². The molecule has 210 valence electrons. The topological polar surface area (TPSA) is 229 Å². The Bertz CT molecular complexity index is 656. The molecule has 4 unspecified atom stereocenters. The second-order valence-corrected chi connectivity index (χ2v) is 9.75. The van der Waals surface area contributed by atoms with Crippen LogP contribution in [0, 0.1) is 0 Å². The maximum atomic E-state index is 13.2. The number of hydrogen-bond donors (Lipinski definition) is 8. The van der Waals surface area contributed by atoms with Crippen LogP contribution < -0.4 is 38.9 Å². The molecule has 12 N–H and O–H groups in total. The molecule has 0 aromatic carbocycles. The SMILES string of the molecule is CSCCC(N)C(=O)NC(CCCCN)C(=O)NC(CCCCN)C(=O)NC(CCCCN)C(=O)O. The lowest BCUT2D eigenvalue weighted by atomic mass is 10.0. The first-order valence-corrected chi connectivity index (χ1v) is 14.1. The van der Waals surface area contributed by atoms with Crippen molar-refractivity contribution in [3.63, 3.8) is 0 Å². The first-order chi connectivity index (χ1) is 17.2. The fourth-order valence-electron chi connectivity index (χ4n) is 3.47. The highest BCUT2D eigenvalue weighted by molar-refractivity contribution is 7.98. The molecule has 0 heterocycles. The number of nitrogens with two attached hydrogens (primary N) is 4. The smallest absolute Gasteiger partial charge is 0.326 e. The first-order valence-electron chi connectivity index (χ1n) is 12.7. The molecule has 0 radical (unpaired) electrons. The monoisotopic (exact) mass is 533 g/mol. The van der Waals surface area contributed by atoms with E-state index in [0.717, 1.165) is 0 Å². The van der Waals surface area contributed by atoms with Crippen LogP contribution in [0.15, 0.2) is 0 Å². The zero-order valence-electron chi connectivity index (χ0n) is 21.5. The van der Waals surface area contributed by atoms with Gasteiger partial charge in [-0.2, -0.15) is 11.8 Å². The first kappa shape index (κ1) is 34.1. The number of rotatable bonds is 22. The van der Waals surface area contributed by atoms with Gasteiger partial charge in [-0.25, -0.2) is 4.79 Å². The van der Waals surface area contributed by atoms with E-state index in [2.05, 4.69) is 16.0 Å². The Labute approximate surface area is 218 Å². The van der Waals surface area contributed by atoms with Gasteiger partial charge in [-0.05, 0) is 95.9 Å². The number of carbonyl (C=O) groups excluding carboxylic acids is 3. The van der Waals surface area contributed by atoms with Crippen molar-refractivity contribution < 1.29 is 24.3 Å². The third kappa shape index (κ3) is 15.2. The number of unbranched alkanes of at least 4 members (excludes halogenated alkanes) is 3. The van der Waals surface area contributed by atoms with Crippen LogP contribution in [0.5, 0.6) is 0 Å². The van der Waals surface area contributed by atoms with E-state index in [1.54, 1.807) is 11.8 Å². The predicted octanol–water partition coefficient (Wildman–Crippen LogP) is -1.01. The van der Waals surface area contributed by atoms with Crippen LogP contribution in [-0.4, -0.2) is 84.6 Å². The number of carboxylic acids is 1. The van der Waals surface area contributed by atoms with E-state index in [-0.39, 0.29) is 12.8 Å². The third-order valence-corrected chi connectivity index (χ3v) is 6.34. The van der Waals surface area contributed by atoms with Crippen molar-refractivity contribution in [2.75, 3.05) is 31.6 Å². The molecule has 4 atom stereocenters. The van der Waals surface area contributed by atoms with E-state index in [1.807, 2.05) is 6.26 Å². The summed E-state index contributed by atoms with van der Waals surface area (Å²) in [6.45, 7) is 1.29. The zero-order valence-corrected chi connectivity index (χ0v) is 22.3. The molecule has 0 fully saturated rings. The molecule has 13 heteroatoms. The quantitative estimate of drug-likeness (QED) is 0.0790. The fraction of sp³-hybridized carbons (Fsp3) is 0.826. The lowest BCUT2D eigenvalue weighted by Crippen LogP contribution is -2.57. The molecule has 3 amide bonds. The normalized spacial score (nSPS) is 14.4. The average Bonchev–Trinajstić information content (AvgIpc) is 2.85. The number of amides is 3. The molecular formula is C23H47N7O5S. The number of hydrogen-bond acceptors (Lipinski definition) is 9. The van der Waals surface area contributed by atoms with E-state index in [1.165, 1.54) is 0 Å². The van der Waals surface area contributed by atoms with Gasteiger partial charge < -0.3 is 44.0 Å². The summed E-state index contributed by atoms with van der Waals surface area (Å²) in [5, 5.41) is 17.4. The van der Waals surface area contributed by atoms with Gasteiger partial charge in [0.15, 0.2) is 0 Å². The number of carbonyl (C=O) groups is 4. The van der Waals surface area contributed by atoms with Gasteiger partial charge in [-0.1, -0.05) is 0 Å². The van der Waals surface area contributed by atoms with E-state index in [4.69, 9.17) is 22.9 Å². The molecule has 0 aliphatic rings. The van der Waals surface area contributed by atoms with Gasteiger partial charge in [-0.15, -0.1) is 0 Å². The summed E-state index contributed by atoms with van der Waals surface area (Å²) in [6.07, 6.45) is 6.87. The van der Waals surface area contributed by atoms with Gasteiger partial charge in [0.2, 0.25) is 17.7 Å². The van der Waals surface area contributed by atoms with E-state index >= 15 is 0 Å². The molecule has 0 bridgehead atoms. The Morgan fingerprint density at radius 2 is 1.06 bits per heavy atom. The van der Waals surface area contributed by atoms with Crippen molar-refractivity contribution in [1.82, 2.24) is 16.0 Å². The van der Waals surface area contributed by atoms with Crippen molar-refractivity contribution >= 4 is 35.5 Å². The molecule has 12 nitrogen and oxygen atoms in total. The Balaban J connectivity index is 5.44. The Morgan fingerprint density at radius 3 is 1.44 bits per heavy atom. The van der Waals surface area contributed by atoms with Gasteiger partial charge in [0.05, 0.1) is 6.04 Å². The van der Waals surface area contributed by atoms with Crippen molar-refractivity contribution in [3.05, 3.63) is 0 Å². The van der Waals surface area contributed by atoms with Gasteiger partial charge in [0, 0.05) is 0 Å². The van der Waals surface area contributed by atoms with Gasteiger partial charge in [-0.3, -0.25) is 14.4 Å². The van der Waals surface area contributed by atoms with E-state index < -0.39 is 47.9 Å². The largest absolute Gasteiger partial charge is 0.480 e. The molecular weight excluding hydrogens is 486 g/mol. The minimum atomic E-state index is -1.15. The van der Waals surface area contributed by atoms with Crippen LogP contribution in [0.3, 0.4) is 0 Å². The van der Waals surface area contributed by atoms with Crippen LogP contribution >= 0.6 is 11.8 Å². The van der Waals surface area contributed by atoms with Crippen molar-refractivity contribution in [1.29, 1.82) is 0 Å². The minimum absolute atomic E-state index is 0.230. The molecule has 36 heavy (non-hydrogen) atoms. The summed E-state index contributed by atoms with van der Waals surface area (Å²) >= 11 is 1.57. The molecule has 0 saturated carbocycles. The molecule has 0 aromatic rings. The Kier molecular flexibility index (Phi) is 20.0. The number of nitrogens with one attached hydrogen (secondary N) is 3. The van der Waals surface area contributed by atoms with E-state index in [0.29, 0.717) is 76.8 Å². The summed E-state index contributed by atoms with van der Waals surface area (Å²) < 4.78 is 0. The van der Waals surface area contributed by atoms with Gasteiger partial charge in [0.1, 0.15) is 18.1 Å². The molecule has 0 rings (SSSR count). The standard InChI is InChI=1S/C23H47N7O5S/c1-36-15-11-16(27)20(31)28-17(8-2-5-12-24)21(32)29-18(9-3-6-13-25)22(33)30-19(23(34)35)10-4-7-14-26/h16-19H,2-15,24-27H2,1H3,(H,28,31)(H,29,32)(H,30,33)(H,34,35). The minimum Gasteiger partial charge on any atom is -0.480 e. The second-order valence-electron chi connectivity index (χ2n) is 8.76. The lowest BCUT2D eigenvalue weighted by molar-refractivity contribution is -0.142. The van der Waals surface area contributed by atoms with Crippen LogP contribution in [0.2, 0.25) is 0 Å². The molecule has 0 aliphatic carbocycles. The highest BCUT2D eigenvalue weighted by Crippen LogP contribution is 2.08. The average molecular weight is 534 g/mol. The number of carboxylic acid groups (broad SMARTS) is 1. The Morgan fingerprint density at radius 1 is 0.667 bits per heavy atom. The number of aliphatic carboxylic acids is 1. The highest BCUT2D eigenvalue weighted by Gasteiger charge is 2.29. The summed E-state index contributed by atoms with van der Waals surface area (Å²) in [5.41, 5.74) is 22.6. The number of thioether (sulfide) groups is 1. The zero-order chi connectivity index (χ0) is 27.3. The molecule has 0 aromatic heterocycles. The predicted molar refractivity (Wildman–Crippen MR) is 143 cm³/mol. The van der Waals surface area contributed by atoms with Crippen LogP contribution in [0.1, 0.15) is 64.2 Å².